The van der Waals surface area contributed by atoms with Crippen LogP contribution in [0, 0.1) is 6.92 Å². The van der Waals surface area contributed by atoms with Crippen LogP contribution < -0.4 is 5.32 Å². The summed E-state index contributed by atoms with van der Waals surface area (Å²) in [6.07, 6.45) is 0. The minimum atomic E-state index is -0.0745. The SMILES string of the molecule is Cc1nnc(NC(=O)CN(C)Cc2ccccc2)s1. The van der Waals surface area contributed by atoms with E-state index in [0.29, 0.717) is 11.7 Å². The van der Waals surface area contributed by atoms with Gasteiger partial charge < -0.3 is 0 Å². The number of amides is 1. The van der Waals surface area contributed by atoms with E-state index in [1.165, 1.54) is 16.9 Å². The minimum absolute atomic E-state index is 0.0745. The van der Waals surface area contributed by atoms with Crippen molar-refractivity contribution >= 4 is 22.4 Å². The molecule has 0 aliphatic heterocycles. The first-order chi connectivity index (χ1) is 9.13. The van der Waals surface area contributed by atoms with Crippen LogP contribution in [0.4, 0.5) is 5.13 Å². The van der Waals surface area contributed by atoms with Crippen LogP contribution in [0.25, 0.3) is 0 Å². The molecule has 2 aromatic rings. The van der Waals surface area contributed by atoms with Crippen LogP contribution in [0.1, 0.15) is 10.6 Å². The molecule has 5 nitrogen and oxygen atoms in total. The summed E-state index contributed by atoms with van der Waals surface area (Å²) in [4.78, 5) is 13.8. The molecule has 1 N–H and O–H groups in total. The Morgan fingerprint density at radius 3 is 2.68 bits per heavy atom. The molecule has 0 aliphatic carbocycles. The average Bonchev–Trinajstić information content (AvgIpc) is 2.75. The van der Waals surface area contributed by atoms with Crippen molar-refractivity contribution < 1.29 is 4.79 Å². The Hall–Kier alpha value is -1.79. The molecule has 0 saturated heterocycles. The third-order valence-electron chi connectivity index (χ3n) is 2.48. The van der Waals surface area contributed by atoms with Crippen LogP contribution >= 0.6 is 11.3 Å². The summed E-state index contributed by atoms with van der Waals surface area (Å²) in [6.45, 7) is 2.92. The Morgan fingerprint density at radius 1 is 1.32 bits per heavy atom. The summed E-state index contributed by atoms with van der Waals surface area (Å²) in [5.41, 5.74) is 1.18. The maximum Gasteiger partial charge on any atom is 0.240 e. The zero-order valence-electron chi connectivity index (χ0n) is 11.0. The second-order valence-electron chi connectivity index (χ2n) is 4.33. The predicted octanol–water partition coefficient (Wildman–Crippen LogP) is 1.92. The molecule has 0 unspecified atom stereocenters. The molecule has 1 aromatic carbocycles. The number of carbonyl (C=O) groups excluding carboxylic acids is 1. The average molecular weight is 276 g/mol. The molecule has 0 fully saturated rings. The Balaban J connectivity index is 1.82. The van der Waals surface area contributed by atoms with Crippen molar-refractivity contribution in [3.8, 4) is 0 Å². The summed E-state index contributed by atoms with van der Waals surface area (Å²) in [7, 11) is 1.91. The highest BCUT2D eigenvalue weighted by Crippen LogP contribution is 2.13. The van der Waals surface area contributed by atoms with E-state index in [1.54, 1.807) is 0 Å². The maximum atomic E-state index is 11.8. The Morgan fingerprint density at radius 2 is 2.05 bits per heavy atom. The van der Waals surface area contributed by atoms with E-state index in [4.69, 9.17) is 0 Å². The van der Waals surface area contributed by atoms with Gasteiger partial charge in [0.15, 0.2) is 0 Å². The lowest BCUT2D eigenvalue weighted by atomic mass is 10.2. The molecule has 6 heteroatoms. The summed E-state index contributed by atoms with van der Waals surface area (Å²) < 4.78 is 0. The number of likely N-dealkylation sites (N-methyl/N-ethyl adjacent to an activating group) is 1. The third-order valence-corrected chi connectivity index (χ3v) is 3.24. The number of carbonyl (C=O) groups is 1. The van der Waals surface area contributed by atoms with Gasteiger partial charge in [0.25, 0.3) is 0 Å². The molecule has 0 atom stereocenters. The second-order valence-corrected chi connectivity index (χ2v) is 5.51. The summed E-state index contributed by atoms with van der Waals surface area (Å²) in [5, 5.41) is 11.9. The van der Waals surface area contributed by atoms with Crippen LogP contribution in [-0.4, -0.2) is 34.6 Å². The van der Waals surface area contributed by atoms with Gasteiger partial charge in [0.05, 0.1) is 6.54 Å². The fourth-order valence-electron chi connectivity index (χ4n) is 1.70. The number of hydrogen-bond donors (Lipinski definition) is 1. The van der Waals surface area contributed by atoms with E-state index < -0.39 is 0 Å². The van der Waals surface area contributed by atoms with Crippen molar-refractivity contribution in [2.45, 2.75) is 13.5 Å². The molecule has 19 heavy (non-hydrogen) atoms. The Bertz CT molecular complexity index is 541. The van der Waals surface area contributed by atoms with E-state index in [9.17, 15) is 4.79 Å². The van der Waals surface area contributed by atoms with Crippen molar-refractivity contribution in [2.24, 2.45) is 0 Å². The monoisotopic (exact) mass is 276 g/mol. The normalized spacial score (nSPS) is 10.7. The topological polar surface area (TPSA) is 58.1 Å². The second kappa shape index (κ2) is 6.40. The van der Waals surface area contributed by atoms with Gasteiger partial charge in [-0.15, -0.1) is 10.2 Å². The molecule has 0 spiro atoms. The molecule has 0 bridgehead atoms. The Kier molecular flexibility index (Phi) is 4.59. The first-order valence-electron chi connectivity index (χ1n) is 5.96. The van der Waals surface area contributed by atoms with Gasteiger partial charge in [-0.2, -0.15) is 0 Å². The van der Waals surface area contributed by atoms with Gasteiger partial charge in [0.1, 0.15) is 5.01 Å². The van der Waals surface area contributed by atoms with E-state index >= 15 is 0 Å². The lowest BCUT2D eigenvalue weighted by Gasteiger charge is -2.15. The quantitative estimate of drug-likeness (QED) is 0.906. The molecule has 100 valence electrons. The smallest absolute Gasteiger partial charge is 0.240 e. The van der Waals surface area contributed by atoms with Crippen LogP contribution in [0.2, 0.25) is 0 Å². The van der Waals surface area contributed by atoms with Crippen molar-refractivity contribution in [1.29, 1.82) is 0 Å². The Labute approximate surface area is 116 Å². The van der Waals surface area contributed by atoms with Crippen molar-refractivity contribution in [3.05, 3.63) is 40.9 Å². The zero-order valence-corrected chi connectivity index (χ0v) is 11.8. The predicted molar refractivity (Wildman–Crippen MR) is 76.1 cm³/mol. The van der Waals surface area contributed by atoms with Crippen molar-refractivity contribution in [1.82, 2.24) is 15.1 Å². The van der Waals surface area contributed by atoms with Gasteiger partial charge in [0, 0.05) is 6.54 Å². The van der Waals surface area contributed by atoms with E-state index in [2.05, 4.69) is 15.5 Å². The molecule has 1 aromatic heterocycles. The molecule has 1 heterocycles. The fourth-order valence-corrected chi connectivity index (χ4v) is 2.31. The van der Waals surface area contributed by atoms with Gasteiger partial charge in [-0.25, -0.2) is 0 Å². The molecule has 2 rings (SSSR count). The van der Waals surface area contributed by atoms with Crippen LogP contribution in [-0.2, 0) is 11.3 Å². The third kappa shape index (κ3) is 4.42. The number of aromatic nitrogens is 2. The number of rotatable bonds is 5. The van der Waals surface area contributed by atoms with Gasteiger partial charge in [-0.3, -0.25) is 15.0 Å². The van der Waals surface area contributed by atoms with Crippen LogP contribution in [0.3, 0.4) is 0 Å². The highest BCUT2D eigenvalue weighted by Gasteiger charge is 2.09. The lowest BCUT2D eigenvalue weighted by Crippen LogP contribution is -2.29. The molecule has 1 amide bonds. The molecular formula is C13H16N4OS. The van der Waals surface area contributed by atoms with E-state index in [-0.39, 0.29) is 5.91 Å². The summed E-state index contributed by atoms with van der Waals surface area (Å²) in [5.74, 6) is -0.0745. The summed E-state index contributed by atoms with van der Waals surface area (Å²) in [6, 6.07) is 10.1. The minimum Gasteiger partial charge on any atom is -0.299 e. The molecule has 0 saturated carbocycles. The molecule has 0 radical (unpaired) electrons. The standard InChI is InChI=1S/C13H16N4OS/c1-10-15-16-13(19-10)14-12(18)9-17(2)8-11-6-4-3-5-7-11/h3-7H,8-9H2,1-2H3,(H,14,16,18). The van der Waals surface area contributed by atoms with Crippen molar-refractivity contribution in [2.75, 3.05) is 18.9 Å². The fraction of sp³-hybridized carbons (Fsp3) is 0.308. The molecule has 0 aliphatic rings. The molecular weight excluding hydrogens is 260 g/mol. The van der Waals surface area contributed by atoms with E-state index in [1.807, 2.05) is 49.2 Å². The number of hydrogen-bond acceptors (Lipinski definition) is 5. The number of nitrogens with zero attached hydrogens (tertiary/aromatic N) is 3. The zero-order chi connectivity index (χ0) is 13.7. The number of benzene rings is 1. The summed E-state index contributed by atoms with van der Waals surface area (Å²) >= 11 is 1.37. The largest absolute Gasteiger partial charge is 0.299 e. The van der Waals surface area contributed by atoms with Gasteiger partial charge in [0.2, 0.25) is 11.0 Å². The van der Waals surface area contributed by atoms with Crippen LogP contribution in [0.5, 0.6) is 0 Å². The highest BCUT2D eigenvalue weighted by molar-refractivity contribution is 7.15. The van der Waals surface area contributed by atoms with Crippen molar-refractivity contribution in [3.63, 3.8) is 0 Å². The first kappa shape index (κ1) is 13.6. The van der Waals surface area contributed by atoms with Gasteiger partial charge >= 0.3 is 0 Å². The van der Waals surface area contributed by atoms with Gasteiger partial charge in [-0.1, -0.05) is 41.7 Å². The van der Waals surface area contributed by atoms with Crippen LogP contribution in [0.15, 0.2) is 30.3 Å². The lowest BCUT2D eigenvalue weighted by molar-refractivity contribution is -0.117. The number of nitrogens with one attached hydrogen (secondary N) is 1. The number of aryl methyl sites for hydroxylation is 1. The van der Waals surface area contributed by atoms with E-state index in [0.717, 1.165) is 11.6 Å². The highest BCUT2D eigenvalue weighted by atomic mass is 32.1. The first-order valence-corrected chi connectivity index (χ1v) is 6.77. The van der Waals surface area contributed by atoms with Gasteiger partial charge in [-0.05, 0) is 19.5 Å². The number of anilines is 1. The maximum absolute atomic E-state index is 11.8.